The summed E-state index contributed by atoms with van der Waals surface area (Å²) in [5.41, 5.74) is 2.66. The van der Waals surface area contributed by atoms with Gasteiger partial charge >= 0.3 is 12.1 Å². The first kappa shape index (κ1) is 31.1. The number of aliphatic hydroxyl groups excluding tert-OH is 1. The zero-order valence-electron chi connectivity index (χ0n) is 24.4. The van der Waals surface area contributed by atoms with Crippen LogP contribution in [-0.4, -0.2) is 89.0 Å². The molecule has 1 N–H and O–H groups in total. The van der Waals surface area contributed by atoms with E-state index >= 15 is 0 Å². The van der Waals surface area contributed by atoms with Crippen LogP contribution in [0.5, 0.6) is 0 Å². The summed E-state index contributed by atoms with van der Waals surface area (Å²) in [4.78, 5) is 41.6. The number of anilines is 1. The third kappa shape index (κ3) is 6.45. The third-order valence-electron chi connectivity index (χ3n) is 8.12. The van der Waals surface area contributed by atoms with E-state index < -0.39 is 23.8 Å². The molecule has 1 aromatic heterocycles. The van der Waals surface area contributed by atoms with Gasteiger partial charge in [0, 0.05) is 76.0 Å². The molecule has 1 atom stereocenters. The Balaban J connectivity index is 1.30. The molecule has 0 aliphatic carbocycles. The number of aromatic nitrogens is 2. The lowest BCUT2D eigenvalue weighted by molar-refractivity contribution is -0.137. The molecule has 2 aromatic carbocycles. The molecule has 2 aliphatic rings. The second-order valence-corrected chi connectivity index (χ2v) is 10.9. The average molecular weight is 615 g/mol. The lowest BCUT2D eigenvalue weighted by Crippen LogP contribution is -2.49. The van der Waals surface area contributed by atoms with Gasteiger partial charge in [0.2, 0.25) is 5.91 Å². The van der Waals surface area contributed by atoms with E-state index in [0.29, 0.717) is 62.6 Å². The molecule has 1 saturated heterocycles. The fourth-order valence-corrected chi connectivity index (χ4v) is 5.88. The molecule has 0 radical (unpaired) electrons. The minimum Gasteiger partial charge on any atom is -0.465 e. The van der Waals surface area contributed by atoms with Crippen molar-refractivity contribution in [3.8, 4) is 11.3 Å². The number of hydrogen-bond donors (Lipinski definition) is 1. The SMILES string of the molecule is COC(=O)c1cccc(N=O)c1N1CCN(CC(O)Cn2nc(-c3ccc(C(F)(F)F)cc3)c3c2CCN(C(C)=O)C3)CC1. The molecule has 0 bridgehead atoms. The predicted molar refractivity (Wildman–Crippen MR) is 155 cm³/mol. The van der Waals surface area contributed by atoms with Crippen LogP contribution in [0.25, 0.3) is 11.3 Å². The second-order valence-electron chi connectivity index (χ2n) is 10.9. The number of alkyl halides is 3. The Morgan fingerprint density at radius 2 is 1.75 bits per heavy atom. The first-order chi connectivity index (χ1) is 21.0. The number of piperazine rings is 1. The van der Waals surface area contributed by atoms with Gasteiger partial charge in [-0.05, 0) is 29.4 Å². The molecule has 0 spiro atoms. The second kappa shape index (κ2) is 12.7. The number of aliphatic hydroxyl groups is 1. The molecule has 5 rings (SSSR count). The molecule has 1 fully saturated rings. The van der Waals surface area contributed by atoms with Gasteiger partial charge in [0.25, 0.3) is 0 Å². The number of hydrogen-bond acceptors (Lipinski definition) is 9. The van der Waals surface area contributed by atoms with Gasteiger partial charge in [0.15, 0.2) is 0 Å². The molecular formula is C30H33F3N6O5. The molecule has 14 heteroatoms. The van der Waals surface area contributed by atoms with Crippen molar-refractivity contribution in [2.45, 2.75) is 38.7 Å². The molecule has 3 heterocycles. The van der Waals surface area contributed by atoms with Gasteiger partial charge in [-0.25, -0.2) is 4.79 Å². The van der Waals surface area contributed by atoms with Crippen molar-refractivity contribution >= 4 is 23.3 Å². The number of rotatable bonds is 8. The van der Waals surface area contributed by atoms with Gasteiger partial charge in [-0.3, -0.25) is 14.4 Å². The monoisotopic (exact) mass is 614 g/mol. The van der Waals surface area contributed by atoms with E-state index in [9.17, 15) is 32.8 Å². The largest absolute Gasteiger partial charge is 0.465 e. The van der Waals surface area contributed by atoms with Crippen molar-refractivity contribution < 1.29 is 32.6 Å². The number of fused-ring (bicyclic) bond motifs is 1. The minimum atomic E-state index is -4.46. The summed E-state index contributed by atoms with van der Waals surface area (Å²) < 4.78 is 46.0. The van der Waals surface area contributed by atoms with Crippen molar-refractivity contribution in [3.63, 3.8) is 0 Å². The summed E-state index contributed by atoms with van der Waals surface area (Å²) in [6.45, 7) is 4.79. The Morgan fingerprint density at radius 3 is 2.36 bits per heavy atom. The minimum absolute atomic E-state index is 0.105. The molecule has 1 amide bonds. The topological polar surface area (TPSA) is 121 Å². The number of nitrogens with zero attached hydrogens (tertiary/aromatic N) is 6. The molecule has 0 saturated carbocycles. The van der Waals surface area contributed by atoms with Crippen LogP contribution in [0.3, 0.4) is 0 Å². The van der Waals surface area contributed by atoms with Crippen LogP contribution in [0.1, 0.15) is 34.1 Å². The maximum absolute atomic E-state index is 13.1. The molecule has 44 heavy (non-hydrogen) atoms. The zero-order valence-corrected chi connectivity index (χ0v) is 24.4. The van der Waals surface area contributed by atoms with Gasteiger partial charge in [-0.1, -0.05) is 18.2 Å². The normalized spacial score (nSPS) is 16.4. The summed E-state index contributed by atoms with van der Waals surface area (Å²) in [5, 5.41) is 18.9. The Kier molecular flexibility index (Phi) is 9.02. The standard InChI is InChI=1S/C30H33F3N6O5/c1-19(40)38-11-10-26-24(18-38)27(20-6-8-21(9-7-20)30(31,32)33)34-39(26)17-22(41)16-36-12-14-37(15-13-36)28-23(29(42)44-2)4-3-5-25(28)35-43/h3-9,22,41H,10-18H2,1-2H3. The van der Waals surface area contributed by atoms with Gasteiger partial charge in [0.05, 0.1) is 42.3 Å². The van der Waals surface area contributed by atoms with Crippen LogP contribution >= 0.6 is 0 Å². The van der Waals surface area contributed by atoms with Crippen molar-refractivity contribution in [3.05, 3.63) is 69.8 Å². The summed E-state index contributed by atoms with van der Waals surface area (Å²) in [7, 11) is 1.27. The zero-order chi connectivity index (χ0) is 31.6. The van der Waals surface area contributed by atoms with Gasteiger partial charge in [-0.2, -0.15) is 18.3 Å². The highest BCUT2D eigenvalue weighted by molar-refractivity contribution is 5.99. The van der Waals surface area contributed by atoms with Crippen LogP contribution in [0.4, 0.5) is 24.5 Å². The van der Waals surface area contributed by atoms with Crippen molar-refractivity contribution in [1.29, 1.82) is 0 Å². The molecule has 1 unspecified atom stereocenters. The first-order valence-corrected chi connectivity index (χ1v) is 14.2. The number of carbonyl (C=O) groups is 2. The fraction of sp³-hybridized carbons (Fsp3) is 0.433. The number of benzene rings is 2. The number of amides is 1. The number of nitroso groups, excluding NO2 is 1. The van der Waals surface area contributed by atoms with Crippen LogP contribution in [-0.2, 0) is 35.2 Å². The number of halogens is 3. The smallest absolute Gasteiger partial charge is 0.416 e. The lowest BCUT2D eigenvalue weighted by atomic mass is 10.00. The third-order valence-corrected chi connectivity index (χ3v) is 8.12. The number of para-hydroxylation sites is 1. The quantitative estimate of drug-likeness (QED) is 0.300. The summed E-state index contributed by atoms with van der Waals surface area (Å²) >= 11 is 0. The Labute approximate surface area is 251 Å². The highest BCUT2D eigenvalue weighted by atomic mass is 19.4. The van der Waals surface area contributed by atoms with E-state index in [4.69, 9.17) is 9.84 Å². The van der Waals surface area contributed by atoms with Crippen molar-refractivity contribution in [2.75, 3.05) is 51.3 Å². The van der Waals surface area contributed by atoms with Crippen LogP contribution in [0.15, 0.2) is 47.6 Å². The van der Waals surface area contributed by atoms with Crippen molar-refractivity contribution in [2.24, 2.45) is 5.18 Å². The number of carbonyl (C=O) groups excluding carboxylic acids is 2. The predicted octanol–water partition coefficient (Wildman–Crippen LogP) is 3.84. The van der Waals surface area contributed by atoms with Crippen LogP contribution in [0, 0.1) is 4.91 Å². The van der Waals surface area contributed by atoms with E-state index in [2.05, 4.69) is 10.1 Å². The van der Waals surface area contributed by atoms with Crippen molar-refractivity contribution in [1.82, 2.24) is 19.6 Å². The maximum Gasteiger partial charge on any atom is 0.416 e. The van der Waals surface area contributed by atoms with E-state index in [1.165, 1.54) is 26.2 Å². The highest BCUT2D eigenvalue weighted by Gasteiger charge is 2.32. The van der Waals surface area contributed by atoms with E-state index in [1.807, 2.05) is 4.90 Å². The molecule has 11 nitrogen and oxygen atoms in total. The number of esters is 1. The summed E-state index contributed by atoms with van der Waals surface area (Å²) in [5.74, 6) is -0.667. The number of β-amino-alcohol motifs (C(OH)–C–C–N with tert-alkyl or cyclic N) is 1. The lowest BCUT2D eigenvalue weighted by Gasteiger charge is -2.37. The molecule has 234 valence electrons. The van der Waals surface area contributed by atoms with Crippen LogP contribution < -0.4 is 4.90 Å². The van der Waals surface area contributed by atoms with E-state index in [-0.39, 0.29) is 30.2 Å². The van der Waals surface area contributed by atoms with E-state index in [0.717, 1.165) is 23.4 Å². The maximum atomic E-state index is 13.1. The van der Waals surface area contributed by atoms with E-state index in [1.54, 1.807) is 27.8 Å². The Bertz CT molecular complexity index is 1530. The number of methoxy groups -OCH3 is 1. The fourth-order valence-electron chi connectivity index (χ4n) is 5.88. The molecule has 3 aromatic rings. The number of ether oxygens (including phenoxy) is 1. The van der Waals surface area contributed by atoms with Gasteiger partial charge in [-0.15, -0.1) is 4.91 Å². The average Bonchev–Trinajstić information content (AvgIpc) is 3.37. The van der Waals surface area contributed by atoms with Gasteiger partial charge in [0.1, 0.15) is 5.69 Å². The summed E-state index contributed by atoms with van der Waals surface area (Å²) in [6, 6.07) is 9.49. The highest BCUT2D eigenvalue weighted by Crippen LogP contribution is 2.35. The Hall–Kier alpha value is -4.30. The molecule has 2 aliphatic heterocycles. The summed E-state index contributed by atoms with van der Waals surface area (Å²) in [6.07, 6.45) is -4.77. The first-order valence-electron chi connectivity index (χ1n) is 14.2. The van der Waals surface area contributed by atoms with Crippen LogP contribution in [0.2, 0.25) is 0 Å². The molecular weight excluding hydrogens is 581 g/mol. The van der Waals surface area contributed by atoms with Gasteiger partial charge < -0.3 is 19.6 Å². The Morgan fingerprint density at radius 1 is 1.05 bits per heavy atom.